The molecule has 0 aliphatic heterocycles. The Balaban J connectivity index is 1.66. The molecule has 3 heteroatoms. The van der Waals surface area contributed by atoms with Crippen LogP contribution in [0.5, 0.6) is 0 Å². The molecule has 0 aromatic carbocycles. The Morgan fingerprint density at radius 3 is 2.26 bits per heavy atom. The van der Waals surface area contributed by atoms with Crippen LogP contribution >= 0.6 is 0 Å². The van der Waals surface area contributed by atoms with Crippen molar-refractivity contribution in [1.29, 1.82) is 0 Å². The second-order valence-electron chi connectivity index (χ2n) is 14.4. The highest BCUT2D eigenvalue weighted by Crippen LogP contribution is 2.75. The normalized spacial score (nSPS) is 46.3. The van der Waals surface area contributed by atoms with E-state index in [0.717, 1.165) is 31.9 Å². The standard InChI is InChI=1S/C31H50O3/c1-20(2)10-9-15-31(8,34)23-13-16-29(6)22(23)11-12-25-28(5)18-21(19-32)26(33)27(3,4)24(28)14-17-30(25,29)7/h10,19,22-25,32,34H,9,11-18H2,1-8H3/b21-19-/t22-,23+,24+,25-,28+,29-,30-,31+/m1/s1. The number of ketones is 1. The summed E-state index contributed by atoms with van der Waals surface area (Å²) < 4.78 is 0. The number of carbonyl (C=O) groups excluding carboxylic acids is 1. The summed E-state index contributed by atoms with van der Waals surface area (Å²) in [6.45, 7) is 18.1. The molecule has 4 fully saturated rings. The molecule has 3 nitrogen and oxygen atoms in total. The van der Waals surface area contributed by atoms with E-state index in [-0.39, 0.29) is 22.0 Å². The van der Waals surface area contributed by atoms with Crippen molar-refractivity contribution in [2.45, 2.75) is 119 Å². The predicted octanol–water partition coefficient (Wildman–Crippen LogP) is 7.79. The lowest BCUT2D eigenvalue weighted by atomic mass is 9.35. The van der Waals surface area contributed by atoms with Gasteiger partial charge in [-0.25, -0.2) is 0 Å². The first kappa shape index (κ1) is 26.0. The summed E-state index contributed by atoms with van der Waals surface area (Å²) in [4.78, 5) is 13.2. The number of aliphatic hydroxyl groups excluding tert-OH is 1. The van der Waals surface area contributed by atoms with Gasteiger partial charge in [0.15, 0.2) is 5.78 Å². The van der Waals surface area contributed by atoms with E-state index in [9.17, 15) is 15.0 Å². The molecule has 0 aromatic rings. The van der Waals surface area contributed by atoms with E-state index in [0.29, 0.717) is 35.7 Å². The summed E-state index contributed by atoms with van der Waals surface area (Å²) in [5.41, 5.74) is 1.35. The van der Waals surface area contributed by atoms with Gasteiger partial charge in [0.2, 0.25) is 0 Å². The lowest BCUT2D eigenvalue weighted by Crippen LogP contribution is -2.64. The highest BCUT2D eigenvalue weighted by atomic mass is 16.3. The Bertz CT molecular complexity index is 890. The van der Waals surface area contributed by atoms with E-state index in [1.165, 1.54) is 31.3 Å². The Labute approximate surface area is 208 Å². The van der Waals surface area contributed by atoms with Crippen LogP contribution in [0.4, 0.5) is 0 Å². The number of aliphatic hydroxyl groups is 2. The zero-order valence-electron chi connectivity index (χ0n) is 23.1. The van der Waals surface area contributed by atoms with Crippen molar-refractivity contribution in [3.05, 3.63) is 23.5 Å². The van der Waals surface area contributed by atoms with Crippen molar-refractivity contribution in [2.75, 3.05) is 0 Å². The van der Waals surface area contributed by atoms with Gasteiger partial charge in [0.25, 0.3) is 0 Å². The number of allylic oxidation sites excluding steroid dienone is 3. The number of carbonyl (C=O) groups is 1. The Kier molecular flexibility index (Phi) is 6.28. The van der Waals surface area contributed by atoms with Crippen LogP contribution in [-0.4, -0.2) is 21.6 Å². The Morgan fingerprint density at radius 1 is 1.00 bits per heavy atom. The van der Waals surface area contributed by atoms with E-state index >= 15 is 0 Å². The van der Waals surface area contributed by atoms with Crippen LogP contribution in [-0.2, 0) is 4.79 Å². The van der Waals surface area contributed by atoms with Crippen LogP contribution in [0.15, 0.2) is 23.5 Å². The largest absolute Gasteiger partial charge is 0.515 e. The fraction of sp³-hybridized carbons (Fsp3) is 0.839. The van der Waals surface area contributed by atoms with Crippen LogP contribution in [0.2, 0.25) is 0 Å². The molecule has 4 saturated carbocycles. The van der Waals surface area contributed by atoms with Gasteiger partial charge in [0.05, 0.1) is 11.9 Å². The lowest BCUT2D eigenvalue weighted by molar-refractivity contribution is -0.201. The Morgan fingerprint density at radius 2 is 1.65 bits per heavy atom. The highest BCUT2D eigenvalue weighted by Gasteiger charge is 2.69. The minimum atomic E-state index is -0.620. The van der Waals surface area contributed by atoms with Gasteiger partial charge in [-0.05, 0) is 118 Å². The maximum absolute atomic E-state index is 13.2. The molecule has 2 N–H and O–H groups in total. The third-order valence-electron chi connectivity index (χ3n) is 12.1. The average molecular weight is 471 g/mol. The monoisotopic (exact) mass is 470 g/mol. The molecule has 192 valence electrons. The Hall–Kier alpha value is -1.09. The van der Waals surface area contributed by atoms with E-state index in [2.05, 4.69) is 61.5 Å². The second-order valence-corrected chi connectivity index (χ2v) is 14.4. The van der Waals surface area contributed by atoms with Crippen molar-refractivity contribution >= 4 is 5.78 Å². The molecule has 0 saturated heterocycles. The molecule has 4 aliphatic carbocycles. The first-order valence-electron chi connectivity index (χ1n) is 13.9. The van der Waals surface area contributed by atoms with Crippen molar-refractivity contribution in [1.82, 2.24) is 0 Å². The van der Waals surface area contributed by atoms with E-state index < -0.39 is 11.0 Å². The van der Waals surface area contributed by atoms with Gasteiger partial charge in [-0.15, -0.1) is 0 Å². The summed E-state index contributed by atoms with van der Waals surface area (Å²) >= 11 is 0. The molecular formula is C31H50O3. The van der Waals surface area contributed by atoms with E-state index in [1.807, 2.05) is 0 Å². The molecule has 8 atom stereocenters. The minimum Gasteiger partial charge on any atom is -0.515 e. The first-order chi connectivity index (χ1) is 15.6. The molecular weight excluding hydrogens is 420 g/mol. The fourth-order valence-corrected chi connectivity index (χ4v) is 10.3. The van der Waals surface area contributed by atoms with Crippen LogP contribution in [0.1, 0.15) is 113 Å². The molecule has 0 bridgehead atoms. The second kappa shape index (κ2) is 8.22. The minimum absolute atomic E-state index is 0.0248. The van der Waals surface area contributed by atoms with Crippen LogP contribution < -0.4 is 0 Å². The zero-order valence-corrected chi connectivity index (χ0v) is 23.1. The highest BCUT2D eigenvalue weighted by molar-refractivity contribution is 6.00. The number of fused-ring (bicyclic) bond motifs is 5. The molecule has 0 spiro atoms. The van der Waals surface area contributed by atoms with Crippen molar-refractivity contribution in [3.63, 3.8) is 0 Å². The molecule has 0 aromatic heterocycles. The van der Waals surface area contributed by atoms with Crippen LogP contribution in [0.25, 0.3) is 0 Å². The van der Waals surface area contributed by atoms with Gasteiger partial charge >= 0.3 is 0 Å². The lowest BCUT2D eigenvalue weighted by Gasteiger charge is -2.69. The number of hydrogen-bond donors (Lipinski definition) is 2. The van der Waals surface area contributed by atoms with Crippen molar-refractivity contribution in [3.8, 4) is 0 Å². The summed E-state index contributed by atoms with van der Waals surface area (Å²) in [7, 11) is 0. The van der Waals surface area contributed by atoms with Crippen LogP contribution in [0, 0.1) is 45.3 Å². The summed E-state index contributed by atoms with van der Waals surface area (Å²) in [5.74, 6) is 1.97. The SMILES string of the molecule is CC(C)=CCC[C@](C)(O)[C@H]1CC[C@]2(C)[C@@H]1CC[C@@H]1[C@@]3(C)C/C(=C/O)C(=O)C(C)(C)[C@@H]3CC[C@]12C. The van der Waals surface area contributed by atoms with Gasteiger partial charge < -0.3 is 10.2 Å². The van der Waals surface area contributed by atoms with Crippen molar-refractivity contribution < 1.29 is 15.0 Å². The fourth-order valence-electron chi connectivity index (χ4n) is 10.3. The predicted molar refractivity (Wildman–Crippen MR) is 139 cm³/mol. The summed E-state index contributed by atoms with van der Waals surface area (Å²) in [6, 6.07) is 0. The maximum atomic E-state index is 13.2. The number of rotatable bonds is 4. The summed E-state index contributed by atoms with van der Waals surface area (Å²) in [5, 5.41) is 21.6. The van der Waals surface area contributed by atoms with Gasteiger partial charge in [0, 0.05) is 11.0 Å². The molecule has 0 amide bonds. The molecule has 34 heavy (non-hydrogen) atoms. The maximum Gasteiger partial charge on any atom is 0.167 e. The van der Waals surface area contributed by atoms with Crippen LogP contribution in [0.3, 0.4) is 0 Å². The molecule has 0 heterocycles. The quantitative estimate of drug-likeness (QED) is 0.250. The van der Waals surface area contributed by atoms with E-state index in [4.69, 9.17) is 0 Å². The zero-order chi connectivity index (χ0) is 25.3. The third-order valence-corrected chi connectivity index (χ3v) is 12.1. The molecule has 4 rings (SSSR count). The van der Waals surface area contributed by atoms with Gasteiger partial charge in [-0.1, -0.05) is 46.3 Å². The van der Waals surface area contributed by atoms with Crippen molar-refractivity contribution in [2.24, 2.45) is 45.3 Å². The van der Waals surface area contributed by atoms with Gasteiger partial charge in [-0.3, -0.25) is 4.79 Å². The summed E-state index contributed by atoms with van der Waals surface area (Å²) in [6.07, 6.45) is 12.8. The van der Waals surface area contributed by atoms with Gasteiger partial charge in [0.1, 0.15) is 0 Å². The third kappa shape index (κ3) is 3.50. The smallest absolute Gasteiger partial charge is 0.167 e. The van der Waals surface area contributed by atoms with E-state index in [1.54, 1.807) is 0 Å². The van der Waals surface area contributed by atoms with Gasteiger partial charge in [-0.2, -0.15) is 0 Å². The number of hydrogen-bond acceptors (Lipinski definition) is 3. The molecule has 0 unspecified atom stereocenters. The molecule has 4 aliphatic rings. The first-order valence-corrected chi connectivity index (χ1v) is 13.9. The molecule has 0 radical (unpaired) electrons. The topological polar surface area (TPSA) is 57.5 Å². The number of Topliss-reactive ketones (excluding diaryl/α,β-unsaturated/α-hetero) is 1. The average Bonchev–Trinajstić information content (AvgIpc) is 3.09.